The van der Waals surface area contributed by atoms with Crippen LogP contribution in [0.2, 0.25) is 0 Å². The molecule has 28 heavy (non-hydrogen) atoms. The minimum atomic E-state index is -3.15. The molecule has 0 aliphatic carbocycles. The first-order valence-corrected chi connectivity index (χ1v) is 12.6. The van der Waals surface area contributed by atoms with Crippen LogP contribution in [0.15, 0.2) is 23.1 Å². The van der Waals surface area contributed by atoms with E-state index in [0.29, 0.717) is 37.6 Å². The van der Waals surface area contributed by atoms with Gasteiger partial charge in [0.1, 0.15) is 0 Å². The average Bonchev–Trinajstić information content (AvgIpc) is 2.64. The van der Waals surface area contributed by atoms with E-state index in [9.17, 15) is 13.2 Å². The van der Waals surface area contributed by atoms with Gasteiger partial charge in [-0.15, -0.1) is 11.8 Å². The fourth-order valence-corrected chi connectivity index (χ4v) is 5.74. The summed E-state index contributed by atoms with van der Waals surface area (Å²) in [4.78, 5) is 13.6. The van der Waals surface area contributed by atoms with E-state index in [-0.39, 0.29) is 17.8 Å². The highest BCUT2D eigenvalue weighted by molar-refractivity contribution is 7.99. The van der Waals surface area contributed by atoms with Crippen LogP contribution in [-0.4, -0.2) is 48.9 Å². The van der Waals surface area contributed by atoms with Gasteiger partial charge in [-0.2, -0.15) is 0 Å². The zero-order valence-corrected chi connectivity index (χ0v) is 19.0. The van der Waals surface area contributed by atoms with E-state index < -0.39 is 10.0 Å². The summed E-state index contributed by atoms with van der Waals surface area (Å²) in [5.41, 5.74) is 1.83. The molecule has 1 aliphatic heterocycles. The number of thioether (sulfide) groups is 1. The van der Waals surface area contributed by atoms with Crippen LogP contribution in [0.3, 0.4) is 0 Å². The molecule has 1 atom stereocenters. The van der Waals surface area contributed by atoms with Crippen LogP contribution in [-0.2, 0) is 10.0 Å². The third kappa shape index (κ3) is 6.67. The average molecular weight is 428 g/mol. The lowest BCUT2D eigenvalue weighted by Crippen LogP contribution is -2.48. The minimum absolute atomic E-state index is 0.00591. The third-order valence-corrected chi connectivity index (χ3v) is 8.34. The van der Waals surface area contributed by atoms with Gasteiger partial charge in [0.05, 0.1) is 5.75 Å². The molecule has 0 spiro atoms. The molecule has 2 N–H and O–H groups in total. The maximum atomic E-state index is 12.4. The van der Waals surface area contributed by atoms with E-state index in [0.717, 1.165) is 17.7 Å². The van der Waals surface area contributed by atoms with Crippen molar-refractivity contribution in [1.29, 1.82) is 0 Å². The number of anilines is 1. The summed E-state index contributed by atoms with van der Waals surface area (Å²) in [6.07, 6.45) is 3.02. The predicted molar refractivity (Wildman–Crippen MR) is 118 cm³/mol. The lowest BCUT2D eigenvalue weighted by Gasteiger charge is -2.31. The summed E-state index contributed by atoms with van der Waals surface area (Å²) < 4.78 is 25.8. The number of carbonyl (C=O) groups excluding carboxylic acids is 1. The Kier molecular flexibility index (Phi) is 8.64. The predicted octanol–water partition coefficient (Wildman–Crippen LogP) is 4.21. The standard InChI is InChI=1S/C20H33N3O3S2/c1-5-13-28(25,26)23-11-9-17(10-12-23)21-20(24)22-19-8-7-18(14-15(19)3)27-16(4)6-2/h7-8,14,16-17H,5-6,9-13H2,1-4H3,(H2,21,22,24). The normalized spacial score (nSPS) is 17.3. The molecule has 0 radical (unpaired) electrons. The number of nitrogens with one attached hydrogen (secondary N) is 2. The molecule has 1 aromatic rings. The van der Waals surface area contributed by atoms with Gasteiger partial charge in [-0.25, -0.2) is 17.5 Å². The van der Waals surface area contributed by atoms with E-state index >= 15 is 0 Å². The fourth-order valence-electron chi connectivity index (χ4n) is 3.17. The monoisotopic (exact) mass is 427 g/mol. The Bertz CT molecular complexity index is 760. The van der Waals surface area contributed by atoms with E-state index in [1.165, 1.54) is 4.90 Å². The van der Waals surface area contributed by atoms with Gasteiger partial charge in [0.15, 0.2) is 0 Å². The highest BCUT2D eigenvalue weighted by Crippen LogP contribution is 2.28. The summed E-state index contributed by atoms with van der Waals surface area (Å²) in [5.74, 6) is 0.191. The summed E-state index contributed by atoms with van der Waals surface area (Å²) in [5, 5.41) is 6.46. The largest absolute Gasteiger partial charge is 0.335 e. The molecule has 6 nitrogen and oxygen atoms in total. The van der Waals surface area contributed by atoms with E-state index in [2.05, 4.69) is 30.5 Å². The minimum Gasteiger partial charge on any atom is -0.335 e. The number of rotatable bonds is 8. The maximum absolute atomic E-state index is 12.4. The third-order valence-electron chi connectivity index (χ3n) is 5.00. The Hall–Kier alpha value is -1.25. The number of hydrogen-bond acceptors (Lipinski definition) is 4. The highest BCUT2D eigenvalue weighted by atomic mass is 32.2. The molecule has 158 valence electrons. The van der Waals surface area contributed by atoms with Gasteiger partial charge >= 0.3 is 6.03 Å². The summed E-state index contributed by atoms with van der Waals surface area (Å²) in [7, 11) is -3.15. The summed E-state index contributed by atoms with van der Waals surface area (Å²) in [6, 6.07) is 5.84. The van der Waals surface area contributed by atoms with Crippen molar-refractivity contribution in [2.75, 3.05) is 24.2 Å². The van der Waals surface area contributed by atoms with Gasteiger partial charge in [-0.05, 0) is 56.4 Å². The molecule has 2 amide bonds. The molecule has 0 saturated carbocycles. The Balaban J connectivity index is 1.85. The molecule has 1 aliphatic rings. The maximum Gasteiger partial charge on any atom is 0.319 e. The van der Waals surface area contributed by atoms with Gasteiger partial charge < -0.3 is 10.6 Å². The quantitative estimate of drug-likeness (QED) is 0.609. The lowest BCUT2D eigenvalue weighted by molar-refractivity contribution is 0.238. The first-order chi connectivity index (χ1) is 13.2. The highest BCUT2D eigenvalue weighted by Gasteiger charge is 2.28. The van der Waals surface area contributed by atoms with E-state index in [4.69, 9.17) is 0 Å². The fraction of sp³-hybridized carbons (Fsp3) is 0.650. The molecule has 1 heterocycles. The Morgan fingerprint density at radius 1 is 1.29 bits per heavy atom. The van der Waals surface area contributed by atoms with Crippen molar-refractivity contribution in [3.63, 3.8) is 0 Å². The van der Waals surface area contributed by atoms with Gasteiger partial charge in [-0.1, -0.05) is 20.8 Å². The number of aryl methyl sites for hydroxylation is 1. The van der Waals surface area contributed by atoms with Crippen LogP contribution in [0.5, 0.6) is 0 Å². The van der Waals surface area contributed by atoms with Gasteiger partial charge in [0.2, 0.25) is 10.0 Å². The molecule has 1 saturated heterocycles. The second-order valence-corrected chi connectivity index (χ2v) is 11.0. The zero-order chi connectivity index (χ0) is 20.7. The van der Waals surface area contributed by atoms with Gasteiger partial charge in [0.25, 0.3) is 0 Å². The molecule has 1 fully saturated rings. The molecule has 1 unspecified atom stereocenters. The SMILES string of the molecule is CCCS(=O)(=O)N1CCC(NC(=O)Nc2ccc(SC(C)CC)cc2C)CC1. The number of benzene rings is 1. The smallest absolute Gasteiger partial charge is 0.319 e. The van der Waals surface area contributed by atoms with E-state index in [1.807, 2.05) is 37.7 Å². The lowest BCUT2D eigenvalue weighted by atomic mass is 10.1. The molecule has 0 bridgehead atoms. The van der Waals surface area contributed by atoms with Crippen molar-refractivity contribution in [2.45, 2.75) is 69.6 Å². The number of sulfonamides is 1. The first-order valence-electron chi connectivity index (χ1n) is 10.1. The van der Waals surface area contributed by atoms with Crippen molar-refractivity contribution >= 4 is 33.5 Å². The summed E-state index contributed by atoms with van der Waals surface area (Å²) >= 11 is 1.84. The molecule has 8 heteroatoms. The van der Waals surface area contributed by atoms with Crippen molar-refractivity contribution < 1.29 is 13.2 Å². The van der Waals surface area contributed by atoms with Crippen LogP contribution in [0, 0.1) is 6.92 Å². The van der Waals surface area contributed by atoms with Crippen LogP contribution < -0.4 is 10.6 Å². The number of hydrogen-bond donors (Lipinski definition) is 2. The Morgan fingerprint density at radius 3 is 2.54 bits per heavy atom. The van der Waals surface area contributed by atoms with Crippen molar-refractivity contribution in [3.8, 4) is 0 Å². The number of piperidine rings is 1. The number of carbonyl (C=O) groups is 1. The van der Waals surface area contributed by atoms with Crippen molar-refractivity contribution in [3.05, 3.63) is 23.8 Å². The number of amides is 2. The Morgan fingerprint density at radius 2 is 1.96 bits per heavy atom. The first kappa shape index (κ1) is 23.0. The number of nitrogens with zero attached hydrogens (tertiary/aromatic N) is 1. The van der Waals surface area contributed by atoms with E-state index in [1.54, 1.807) is 4.31 Å². The topological polar surface area (TPSA) is 78.5 Å². The van der Waals surface area contributed by atoms with Crippen molar-refractivity contribution in [2.24, 2.45) is 0 Å². The van der Waals surface area contributed by atoms with Gasteiger partial charge in [-0.3, -0.25) is 0 Å². The van der Waals surface area contributed by atoms with Crippen LogP contribution >= 0.6 is 11.8 Å². The van der Waals surface area contributed by atoms with Gasteiger partial charge in [0, 0.05) is 35.0 Å². The second-order valence-electron chi connectivity index (χ2n) is 7.40. The molecule has 1 aromatic carbocycles. The van der Waals surface area contributed by atoms with Crippen LogP contribution in [0.1, 0.15) is 52.0 Å². The van der Waals surface area contributed by atoms with Crippen LogP contribution in [0.25, 0.3) is 0 Å². The van der Waals surface area contributed by atoms with Crippen molar-refractivity contribution in [1.82, 2.24) is 9.62 Å². The van der Waals surface area contributed by atoms with Crippen LogP contribution in [0.4, 0.5) is 10.5 Å². The zero-order valence-electron chi connectivity index (χ0n) is 17.3. The molecule has 2 rings (SSSR count). The summed E-state index contributed by atoms with van der Waals surface area (Å²) in [6.45, 7) is 9.18. The molecular formula is C20H33N3O3S2. The Labute approximate surface area is 173 Å². The second kappa shape index (κ2) is 10.5. The number of urea groups is 1. The molecular weight excluding hydrogens is 394 g/mol. The molecule has 0 aromatic heterocycles.